The molecule has 0 atom stereocenters. The van der Waals surface area contributed by atoms with E-state index in [4.69, 9.17) is 4.74 Å². The van der Waals surface area contributed by atoms with Gasteiger partial charge in [0.25, 0.3) is 0 Å². The molecule has 1 N–H and O–H groups in total. The molecule has 0 aromatic carbocycles. The number of methoxy groups -OCH3 is 1. The Morgan fingerprint density at radius 1 is 1.41 bits per heavy atom. The SMILES string of the molecule is CC=CC=CC(=O)Nc1nc(C)ccc1OC. The Balaban J connectivity index is 2.80. The maximum absolute atomic E-state index is 11.5. The molecule has 1 heterocycles. The molecule has 0 saturated carbocycles. The van der Waals surface area contributed by atoms with E-state index in [0.717, 1.165) is 5.69 Å². The van der Waals surface area contributed by atoms with Crippen LogP contribution in [-0.2, 0) is 4.79 Å². The molecule has 4 nitrogen and oxygen atoms in total. The Morgan fingerprint density at radius 2 is 2.18 bits per heavy atom. The van der Waals surface area contributed by atoms with E-state index in [2.05, 4.69) is 10.3 Å². The van der Waals surface area contributed by atoms with E-state index in [1.165, 1.54) is 13.2 Å². The van der Waals surface area contributed by atoms with Gasteiger partial charge in [-0.05, 0) is 26.0 Å². The van der Waals surface area contributed by atoms with Gasteiger partial charge in [0.2, 0.25) is 5.91 Å². The minimum atomic E-state index is -0.237. The number of carbonyl (C=O) groups is 1. The number of ether oxygens (including phenoxy) is 1. The van der Waals surface area contributed by atoms with Crippen molar-refractivity contribution >= 4 is 11.7 Å². The van der Waals surface area contributed by atoms with Crippen LogP contribution in [0.1, 0.15) is 12.6 Å². The van der Waals surface area contributed by atoms with Crippen LogP contribution in [0.2, 0.25) is 0 Å². The molecule has 1 rings (SSSR count). The van der Waals surface area contributed by atoms with Gasteiger partial charge in [-0.1, -0.05) is 18.2 Å². The molecule has 0 radical (unpaired) electrons. The number of nitrogens with zero attached hydrogens (tertiary/aromatic N) is 1. The van der Waals surface area contributed by atoms with Crippen molar-refractivity contribution in [1.29, 1.82) is 0 Å². The fourth-order valence-electron chi connectivity index (χ4n) is 1.21. The average molecular weight is 232 g/mol. The van der Waals surface area contributed by atoms with Gasteiger partial charge in [-0.15, -0.1) is 0 Å². The van der Waals surface area contributed by atoms with Gasteiger partial charge >= 0.3 is 0 Å². The van der Waals surface area contributed by atoms with Gasteiger partial charge in [0.15, 0.2) is 11.6 Å². The summed E-state index contributed by atoms with van der Waals surface area (Å²) in [6.45, 7) is 3.73. The maximum Gasteiger partial charge on any atom is 0.249 e. The normalized spacial score (nSPS) is 11.0. The van der Waals surface area contributed by atoms with Crippen molar-refractivity contribution in [3.8, 4) is 5.75 Å². The first-order chi connectivity index (χ1) is 8.17. The third kappa shape index (κ3) is 4.10. The lowest BCUT2D eigenvalue weighted by molar-refractivity contribution is -0.111. The highest BCUT2D eigenvalue weighted by atomic mass is 16.5. The molecule has 0 bridgehead atoms. The first-order valence-corrected chi connectivity index (χ1v) is 5.29. The molecule has 1 aromatic heterocycles. The number of nitrogens with one attached hydrogen (secondary N) is 1. The van der Waals surface area contributed by atoms with Gasteiger partial charge in [-0.25, -0.2) is 4.98 Å². The number of hydrogen-bond acceptors (Lipinski definition) is 3. The van der Waals surface area contributed by atoms with E-state index < -0.39 is 0 Å². The molecule has 0 spiro atoms. The second-order valence-corrected chi connectivity index (χ2v) is 3.38. The topological polar surface area (TPSA) is 51.2 Å². The Hall–Kier alpha value is -2.10. The lowest BCUT2D eigenvalue weighted by Crippen LogP contribution is -2.10. The van der Waals surface area contributed by atoms with Crippen LogP contribution in [0.3, 0.4) is 0 Å². The van der Waals surface area contributed by atoms with Gasteiger partial charge in [0.1, 0.15) is 0 Å². The zero-order valence-corrected chi connectivity index (χ0v) is 10.2. The van der Waals surface area contributed by atoms with E-state index >= 15 is 0 Å². The van der Waals surface area contributed by atoms with Crippen LogP contribution in [0, 0.1) is 6.92 Å². The van der Waals surface area contributed by atoms with Crippen LogP contribution in [0.15, 0.2) is 36.4 Å². The quantitative estimate of drug-likeness (QED) is 0.641. The van der Waals surface area contributed by atoms with Crippen LogP contribution < -0.4 is 10.1 Å². The third-order valence-corrected chi connectivity index (χ3v) is 2.01. The summed E-state index contributed by atoms with van der Waals surface area (Å²) in [6, 6.07) is 3.59. The number of aryl methyl sites for hydroxylation is 1. The number of amides is 1. The lowest BCUT2D eigenvalue weighted by atomic mass is 10.3. The van der Waals surface area contributed by atoms with Crippen molar-refractivity contribution in [2.45, 2.75) is 13.8 Å². The molecule has 0 aliphatic heterocycles. The van der Waals surface area contributed by atoms with Gasteiger partial charge in [-0.2, -0.15) is 0 Å². The molecule has 0 saturated heterocycles. The zero-order valence-electron chi connectivity index (χ0n) is 10.2. The van der Waals surface area contributed by atoms with Crippen molar-refractivity contribution < 1.29 is 9.53 Å². The van der Waals surface area contributed by atoms with E-state index in [9.17, 15) is 4.79 Å². The predicted molar refractivity (Wildman–Crippen MR) is 68.1 cm³/mol. The number of allylic oxidation sites excluding steroid dienone is 3. The minimum absolute atomic E-state index is 0.237. The fourth-order valence-corrected chi connectivity index (χ4v) is 1.21. The van der Waals surface area contributed by atoms with Crippen molar-refractivity contribution in [2.24, 2.45) is 0 Å². The molecule has 0 aliphatic carbocycles. The van der Waals surface area contributed by atoms with E-state index in [-0.39, 0.29) is 5.91 Å². The molecule has 1 amide bonds. The molecule has 0 unspecified atom stereocenters. The average Bonchev–Trinajstić information content (AvgIpc) is 2.29. The second-order valence-electron chi connectivity index (χ2n) is 3.38. The summed E-state index contributed by atoms with van der Waals surface area (Å²) in [5.41, 5.74) is 0.818. The summed E-state index contributed by atoms with van der Waals surface area (Å²) in [5, 5.41) is 2.67. The van der Waals surface area contributed by atoms with Gasteiger partial charge < -0.3 is 10.1 Å². The summed E-state index contributed by atoms with van der Waals surface area (Å²) in [4.78, 5) is 15.7. The van der Waals surface area contributed by atoms with Crippen LogP contribution in [-0.4, -0.2) is 18.0 Å². The zero-order chi connectivity index (χ0) is 12.7. The number of aromatic nitrogens is 1. The Morgan fingerprint density at radius 3 is 2.82 bits per heavy atom. The predicted octanol–water partition coefficient (Wildman–Crippen LogP) is 2.47. The molecule has 90 valence electrons. The smallest absolute Gasteiger partial charge is 0.249 e. The molecular weight excluding hydrogens is 216 g/mol. The highest BCUT2D eigenvalue weighted by Gasteiger charge is 2.06. The van der Waals surface area contributed by atoms with Crippen LogP contribution in [0.25, 0.3) is 0 Å². The molecule has 1 aromatic rings. The van der Waals surface area contributed by atoms with Crippen LogP contribution in [0.5, 0.6) is 5.75 Å². The number of hydrogen-bond donors (Lipinski definition) is 1. The van der Waals surface area contributed by atoms with Crippen molar-refractivity contribution in [3.05, 3.63) is 42.1 Å². The number of carbonyl (C=O) groups excluding carboxylic acids is 1. The Kier molecular flexibility index (Phi) is 4.94. The molecule has 17 heavy (non-hydrogen) atoms. The van der Waals surface area contributed by atoms with E-state index in [1.807, 2.05) is 26.0 Å². The third-order valence-electron chi connectivity index (χ3n) is 2.01. The van der Waals surface area contributed by atoms with Crippen LogP contribution in [0.4, 0.5) is 5.82 Å². The van der Waals surface area contributed by atoms with Gasteiger partial charge in [0, 0.05) is 11.8 Å². The largest absolute Gasteiger partial charge is 0.493 e. The lowest BCUT2D eigenvalue weighted by Gasteiger charge is -2.08. The maximum atomic E-state index is 11.5. The van der Waals surface area contributed by atoms with Crippen LogP contribution >= 0.6 is 0 Å². The van der Waals surface area contributed by atoms with Crippen molar-refractivity contribution in [1.82, 2.24) is 4.98 Å². The highest BCUT2D eigenvalue weighted by Crippen LogP contribution is 2.21. The Bertz CT molecular complexity index is 451. The second kappa shape index (κ2) is 6.48. The monoisotopic (exact) mass is 232 g/mol. The van der Waals surface area contributed by atoms with E-state index in [1.54, 1.807) is 18.2 Å². The summed E-state index contributed by atoms with van der Waals surface area (Å²) in [6.07, 6.45) is 6.72. The summed E-state index contributed by atoms with van der Waals surface area (Å²) in [5.74, 6) is 0.741. The summed E-state index contributed by atoms with van der Waals surface area (Å²) < 4.78 is 5.11. The first-order valence-electron chi connectivity index (χ1n) is 5.29. The number of anilines is 1. The fraction of sp³-hybridized carbons (Fsp3) is 0.231. The van der Waals surface area contributed by atoms with E-state index in [0.29, 0.717) is 11.6 Å². The van der Waals surface area contributed by atoms with Crippen molar-refractivity contribution in [2.75, 3.05) is 12.4 Å². The highest BCUT2D eigenvalue weighted by molar-refractivity contribution is 5.99. The van der Waals surface area contributed by atoms with Crippen molar-refractivity contribution in [3.63, 3.8) is 0 Å². The molecule has 4 heteroatoms. The Labute approximate surface area is 101 Å². The van der Waals surface area contributed by atoms with Gasteiger partial charge in [0.05, 0.1) is 7.11 Å². The summed E-state index contributed by atoms with van der Waals surface area (Å²) >= 11 is 0. The summed E-state index contributed by atoms with van der Waals surface area (Å²) in [7, 11) is 1.54. The van der Waals surface area contributed by atoms with Gasteiger partial charge in [-0.3, -0.25) is 4.79 Å². The molecule has 0 fully saturated rings. The molecule has 0 aliphatic rings. The standard InChI is InChI=1S/C13H16N2O2/c1-4-5-6-7-12(16)15-13-11(17-3)9-8-10(2)14-13/h4-9H,1-3H3,(H,14,15,16). The minimum Gasteiger partial charge on any atom is -0.493 e. The number of pyridine rings is 1. The first kappa shape index (κ1) is 13.0. The number of rotatable bonds is 4. The molecular formula is C13H16N2O2.